The van der Waals surface area contributed by atoms with Crippen LogP contribution in [0.2, 0.25) is 10.0 Å². The normalized spacial score (nSPS) is 16.4. The Labute approximate surface area is 232 Å². The van der Waals surface area contributed by atoms with Gasteiger partial charge in [0.05, 0.1) is 35.5 Å². The minimum atomic E-state index is -0.381. The summed E-state index contributed by atoms with van der Waals surface area (Å²) < 4.78 is 13.2. The van der Waals surface area contributed by atoms with Crippen molar-refractivity contribution in [2.24, 2.45) is 4.99 Å². The second-order valence-electron chi connectivity index (χ2n) is 9.05. The zero-order valence-corrected chi connectivity index (χ0v) is 22.8. The summed E-state index contributed by atoms with van der Waals surface area (Å²) >= 11 is 13.6. The van der Waals surface area contributed by atoms with E-state index in [1.165, 1.54) is 23.0 Å². The molecule has 1 aromatic heterocycles. The molecule has 0 spiro atoms. The number of rotatable bonds is 4. The summed E-state index contributed by atoms with van der Waals surface area (Å²) in [5.74, 6) is 1.06. The quantitative estimate of drug-likeness (QED) is 0.362. The molecule has 4 aromatic rings. The summed E-state index contributed by atoms with van der Waals surface area (Å²) in [6.07, 6.45) is 3.23. The molecule has 3 aromatic carbocycles. The number of phenols is 1. The number of nitrogens with zero attached hydrogens (tertiary/aromatic N) is 2. The Bertz CT molecular complexity index is 1820. The molecule has 38 heavy (non-hydrogen) atoms. The van der Waals surface area contributed by atoms with Crippen LogP contribution >= 0.6 is 34.5 Å². The van der Waals surface area contributed by atoms with Gasteiger partial charge in [0.15, 0.2) is 16.3 Å². The zero-order valence-electron chi connectivity index (χ0n) is 20.5. The van der Waals surface area contributed by atoms with E-state index in [9.17, 15) is 9.90 Å². The number of benzene rings is 3. The molecule has 0 saturated carbocycles. The van der Waals surface area contributed by atoms with Crippen LogP contribution in [0.1, 0.15) is 34.7 Å². The molecule has 1 aliphatic heterocycles. The van der Waals surface area contributed by atoms with Crippen molar-refractivity contribution in [3.8, 4) is 17.2 Å². The molecule has 0 saturated heterocycles. The summed E-state index contributed by atoms with van der Waals surface area (Å²) in [4.78, 5) is 19.5. The van der Waals surface area contributed by atoms with E-state index in [1.807, 2.05) is 30.3 Å². The first-order chi connectivity index (χ1) is 18.4. The molecule has 0 amide bonds. The highest BCUT2D eigenvalue weighted by Crippen LogP contribution is 2.43. The third-order valence-corrected chi connectivity index (χ3v) is 8.43. The summed E-state index contributed by atoms with van der Waals surface area (Å²) in [5, 5.41) is 11.0. The highest BCUT2D eigenvalue weighted by atomic mass is 35.5. The second-order valence-corrected chi connectivity index (χ2v) is 10.9. The van der Waals surface area contributed by atoms with Gasteiger partial charge in [0, 0.05) is 16.1 Å². The number of aromatic nitrogens is 1. The molecule has 1 aliphatic carbocycles. The smallest absolute Gasteiger partial charge is 0.271 e. The van der Waals surface area contributed by atoms with Gasteiger partial charge in [-0.25, -0.2) is 4.99 Å². The highest BCUT2D eigenvalue weighted by molar-refractivity contribution is 7.07. The van der Waals surface area contributed by atoms with Crippen molar-refractivity contribution in [1.29, 1.82) is 0 Å². The monoisotopic (exact) mass is 564 g/mol. The van der Waals surface area contributed by atoms with Gasteiger partial charge in [-0.1, -0.05) is 64.9 Å². The fourth-order valence-corrected chi connectivity index (χ4v) is 6.68. The van der Waals surface area contributed by atoms with Gasteiger partial charge in [0.25, 0.3) is 5.56 Å². The van der Waals surface area contributed by atoms with Gasteiger partial charge < -0.3 is 14.6 Å². The van der Waals surface area contributed by atoms with E-state index in [1.54, 1.807) is 30.9 Å². The van der Waals surface area contributed by atoms with Gasteiger partial charge in [-0.15, -0.1) is 0 Å². The van der Waals surface area contributed by atoms with Crippen molar-refractivity contribution in [3.05, 3.63) is 112 Å². The SMILES string of the molecule is COc1ccc([C@@H]2C3=C(N=c4s/c(=C\c5cc(Cl)cc(Cl)c5O)c(=O)n42)c2ccccc2CC3)cc1OC. The lowest BCUT2D eigenvalue weighted by Crippen LogP contribution is -2.38. The average molecular weight is 565 g/mol. The van der Waals surface area contributed by atoms with Crippen LogP contribution in [0, 0.1) is 0 Å². The van der Waals surface area contributed by atoms with Crippen molar-refractivity contribution in [2.45, 2.75) is 18.9 Å². The fourth-order valence-electron chi connectivity index (χ4n) is 5.18. The zero-order chi connectivity index (χ0) is 26.6. The van der Waals surface area contributed by atoms with Crippen LogP contribution in [0.5, 0.6) is 17.2 Å². The Morgan fingerprint density at radius 2 is 1.84 bits per heavy atom. The van der Waals surface area contributed by atoms with E-state index < -0.39 is 0 Å². The first-order valence-corrected chi connectivity index (χ1v) is 13.5. The fraction of sp³-hybridized carbons (Fsp3) is 0.172. The van der Waals surface area contributed by atoms with Gasteiger partial charge in [0.1, 0.15) is 5.75 Å². The standard InChI is InChI=1S/C29H22Cl2N2O4S/c1-36-22-10-8-16(12-23(22)37-2)26-20-9-7-15-5-3-4-6-19(15)25(20)32-29-33(26)28(35)24(38-29)13-17-11-18(30)14-21(31)27(17)34/h3-6,8,10-14,26,34H,7,9H2,1-2H3/b24-13-/t26-/m1/s1. The number of aryl methyl sites for hydroxylation is 1. The molecule has 1 N–H and O–H groups in total. The topological polar surface area (TPSA) is 73.0 Å². The van der Waals surface area contributed by atoms with Crippen molar-refractivity contribution in [2.75, 3.05) is 14.2 Å². The van der Waals surface area contributed by atoms with E-state index >= 15 is 0 Å². The maximum Gasteiger partial charge on any atom is 0.271 e. The van der Waals surface area contributed by atoms with Gasteiger partial charge >= 0.3 is 0 Å². The third kappa shape index (κ3) is 4.02. The predicted molar refractivity (Wildman–Crippen MR) is 150 cm³/mol. The number of thiazole rings is 1. The van der Waals surface area contributed by atoms with Crippen molar-refractivity contribution >= 4 is 46.3 Å². The van der Waals surface area contributed by atoms with Crippen molar-refractivity contribution < 1.29 is 14.6 Å². The largest absolute Gasteiger partial charge is 0.506 e. The minimum absolute atomic E-state index is 0.117. The molecule has 2 heterocycles. The summed E-state index contributed by atoms with van der Waals surface area (Å²) in [6, 6.07) is 16.6. The number of methoxy groups -OCH3 is 2. The third-order valence-electron chi connectivity index (χ3n) is 6.94. The maximum atomic E-state index is 13.9. The van der Waals surface area contributed by atoms with E-state index in [0.29, 0.717) is 31.4 Å². The lowest BCUT2D eigenvalue weighted by Gasteiger charge is -2.31. The molecule has 6 rings (SSSR count). The number of fused-ring (bicyclic) bond motifs is 3. The molecular weight excluding hydrogens is 543 g/mol. The molecule has 9 heteroatoms. The van der Waals surface area contributed by atoms with Crippen LogP contribution in [0.15, 0.2) is 70.0 Å². The number of halogens is 2. The molecule has 0 bridgehead atoms. The van der Waals surface area contributed by atoms with Gasteiger partial charge in [-0.05, 0) is 59.9 Å². The van der Waals surface area contributed by atoms with Gasteiger partial charge in [0.2, 0.25) is 0 Å². The van der Waals surface area contributed by atoms with Gasteiger partial charge in [-0.3, -0.25) is 9.36 Å². The molecule has 0 fully saturated rings. The van der Waals surface area contributed by atoms with E-state index in [0.717, 1.165) is 35.2 Å². The number of hydrogen-bond donors (Lipinski definition) is 1. The number of ether oxygens (including phenoxy) is 2. The number of aromatic hydroxyl groups is 1. The number of hydrogen-bond acceptors (Lipinski definition) is 6. The van der Waals surface area contributed by atoms with Crippen LogP contribution in [0.25, 0.3) is 11.8 Å². The Kier molecular flexibility index (Phi) is 6.30. The van der Waals surface area contributed by atoms with Crippen LogP contribution in [-0.4, -0.2) is 23.9 Å². The molecule has 0 unspecified atom stereocenters. The minimum Gasteiger partial charge on any atom is -0.506 e. The number of phenolic OH excluding ortho intramolecular Hbond substituents is 1. The summed E-state index contributed by atoms with van der Waals surface area (Å²) in [6.45, 7) is 0. The van der Waals surface area contributed by atoms with Crippen LogP contribution in [-0.2, 0) is 6.42 Å². The van der Waals surface area contributed by atoms with Crippen molar-refractivity contribution in [1.82, 2.24) is 4.57 Å². The molecule has 0 radical (unpaired) electrons. The second kappa shape index (κ2) is 9.66. The summed E-state index contributed by atoms with van der Waals surface area (Å²) in [5.41, 5.74) is 5.33. The highest BCUT2D eigenvalue weighted by Gasteiger charge is 2.33. The first-order valence-electron chi connectivity index (χ1n) is 11.9. The lowest BCUT2D eigenvalue weighted by atomic mass is 9.83. The van der Waals surface area contributed by atoms with E-state index in [4.69, 9.17) is 37.7 Å². The summed E-state index contributed by atoms with van der Waals surface area (Å²) in [7, 11) is 3.19. The molecular formula is C29H22Cl2N2O4S. The van der Waals surface area contributed by atoms with Crippen LogP contribution in [0.3, 0.4) is 0 Å². The Morgan fingerprint density at radius 3 is 2.63 bits per heavy atom. The molecule has 2 aliphatic rings. The molecule has 192 valence electrons. The van der Waals surface area contributed by atoms with Crippen LogP contribution < -0.4 is 24.4 Å². The maximum absolute atomic E-state index is 13.9. The lowest BCUT2D eigenvalue weighted by molar-refractivity contribution is 0.354. The Hall–Kier alpha value is -3.52. The van der Waals surface area contributed by atoms with E-state index in [-0.39, 0.29) is 22.4 Å². The van der Waals surface area contributed by atoms with E-state index in [2.05, 4.69) is 12.1 Å². The molecule has 6 nitrogen and oxygen atoms in total. The number of allylic oxidation sites excluding steroid dienone is 1. The Morgan fingerprint density at radius 1 is 1.05 bits per heavy atom. The van der Waals surface area contributed by atoms with Gasteiger partial charge in [-0.2, -0.15) is 0 Å². The van der Waals surface area contributed by atoms with Crippen molar-refractivity contribution in [3.63, 3.8) is 0 Å². The molecule has 1 atom stereocenters. The predicted octanol–water partition coefficient (Wildman–Crippen LogP) is 5.35. The Balaban J connectivity index is 1.63. The van der Waals surface area contributed by atoms with Crippen LogP contribution in [0.4, 0.5) is 0 Å². The average Bonchev–Trinajstić information content (AvgIpc) is 3.24. The first kappa shape index (κ1) is 24.8.